The first-order chi connectivity index (χ1) is 10.6. The number of rotatable bonds is 2. The van der Waals surface area contributed by atoms with E-state index in [1.165, 1.54) is 0 Å². The summed E-state index contributed by atoms with van der Waals surface area (Å²) in [6.45, 7) is 0. The second kappa shape index (κ2) is 7.27. The van der Waals surface area contributed by atoms with Crippen LogP contribution in [0.3, 0.4) is 0 Å². The van der Waals surface area contributed by atoms with Gasteiger partial charge in [-0.1, -0.05) is 41.9 Å². The van der Waals surface area contributed by atoms with E-state index in [-0.39, 0.29) is 29.6 Å². The third-order valence-electron chi connectivity index (χ3n) is 3.28. The summed E-state index contributed by atoms with van der Waals surface area (Å²) >= 11 is 6.03. The molecule has 0 unspecified atom stereocenters. The number of benzodiazepines with no additional fused rings is 1. The third-order valence-corrected chi connectivity index (χ3v) is 3.52. The summed E-state index contributed by atoms with van der Waals surface area (Å²) in [5.41, 5.74) is 2.22. The first kappa shape index (κ1) is 17.7. The summed E-state index contributed by atoms with van der Waals surface area (Å²) in [5, 5.41) is 12.3. The molecule has 3 rings (SSSR count). The average molecular weight is 339 g/mol. The zero-order chi connectivity index (χ0) is 15.7. The molecule has 2 aromatic carbocycles. The fraction of sp³-hybridized carbons (Fsp3) is 0.0625. The number of carbonyl (C=O) groups is 2. The van der Waals surface area contributed by atoms with Crippen molar-refractivity contribution in [3.8, 4) is 0 Å². The van der Waals surface area contributed by atoms with Gasteiger partial charge in [0.1, 0.15) is 0 Å². The quantitative estimate of drug-likeness (QED) is 0.648. The van der Waals surface area contributed by atoms with Gasteiger partial charge >= 0.3 is 35.5 Å². The number of hydrogen-bond acceptors (Lipinski definition) is 3. The van der Waals surface area contributed by atoms with Crippen LogP contribution in [0.15, 0.2) is 53.5 Å². The molecule has 5 nitrogen and oxygen atoms in total. The van der Waals surface area contributed by atoms with Gasteiger partial charge in [-0.2, -0.15) is 0 Å². The molecule has 0 saturated heterocycles. The molecule has 1 amide bonds. The molecular formula is C16H12ClN2NaO3. The number of aliphatic imine (C=N–C) groups is 1. The molecule has 2 aromatic rings. The van der Waals surface area contributed by atoms with Crippen LogP contribution in [0.1, 0.15) is 11.1 Å². The minimum atomic E-state index is -1.50. The molecule has 7 heteroatoms. The Balaban J connectivity index is 0.00000192. The Kier molecular flexibility index (Phi) is 5.59. The van der Waals surface area contributed by atoms with E-state index in [0.717, 1.165) is 0 Å². The van der Waals surface area contributed by atoms with Crippen molar-refractivity contribution in [2.75, 3.05) is 5.32 Å². The summed E-state index contributed by atoms with van der Waals surface area (Å²) in [5.74, 6) is -1.98. The molecule has 2 N–H and O–H groups in total. The number of benzene rings is 2. The number of aliphatic carboxylic acids is 1. The predicted octanol–water partition coefficient (Wildman–Crippen LogP) is 1.93. The maximum atomic E-state index is 12.0. The fourth-order valence-electron chi connectivity index (χ4n) is 2.27. The zero-order valence-corrected chi connectivity index (χ0v) is 12.0. The van der Waals surface area contributed by atoms with Crippen LogP contribution in [0.25, 0.3) is 0 Å². The SMILES string of the molecule is O=C(O)[C@@H]1N=C(c2ccccc2)c2cc(Cl)ccc2NC1=O.[NaH]. The molecule has 1 atom stereocenters. The van der Waals surface area contributed by atoms with E-state index in [9.17, 15) is 14.7 Å². The summed E-state index contributed by atoms with van der Waals surface area (Å²) in [7, 11) is 0. The number of hydrogen-bond donors (Lipinski definition) is 2. The first-order valence-electron chi connectivity index (χ1n) is 6.53. The number of carboxylic acids is 1. The number of carbonyl (C=O) groups excluding carboxylic acids is 1. The molecular weight excluding hydrogens is 327 g/mol. The normalized spacial score (nSPS) is 16.3. The Bertz CT molecular complexity index is 793. The Labute approximate surface area is 159 Å². The van der Waals surface area contributed by atoms with Crippen molar-refractivity contribution in [1.82, 2.24) is 0 Å². The van der Waals surface area contributed by atoms with Gasteiger partial charge in [0.05, 0.1) is 11.4 Å². The van der Waals surface area contributed by atoms with Crippen molar-refractivity contribution < 1.29 is 14.7 Å². The number of halogens is 1. The van der Waals surface area contributed by atoms with E-state index in [1.807, 2.05) is 18.2 Å². The average Bonchev–Trinajstić information content (AvgIpc) is 2.64. The van der Waals surface area contributed by atoms with E-state index in [1.54, 1.807) is 30.3 Å². The third kappa shape index (κ3) is 3.64. The van der Waals surface area contributed by atoms with E-state index >= 15 is 0 Å². The molecule has 0 aromatic heterocycles. The molecule has 23 heavy (non-hydrogen) atoms. The van der Waals surface area contributed by atoms with Crippen LogP contribution >= 0.6 is 11.6 Å². The molecule has 0 aliphatic carbocycles. The van der Waals surface area contributed by atoms with E-state index in [2.05, 4.69) is 10.3 Å². The van der Waals surface area contributed by atoms with Crippen LogP contribution in [0.5, 0.6) is 0 Å². The summed E-state index contributed by atoms with van der Waals surface area (Å²) < 4.78 is 0. The summed E-state index contributed by atoms with van der Waals surface area (Å²) in [6, 6.07) is 12.5. The maximum absolute atomic E-state index is 12.0. The predicted molar refractivity (Wildman–Crippen MR) is 90.7 cm³/mol. The summed E-state index contributed by atoms with van der Waals surface area (Å²) in [4.78, 5) is 27.5. The van der Waals surface area contributed by atoms with Crippen molar-refractivity contribution >= 4 is 64.4 Å². The van der Waals surface area contributed by atoms with Crippen molar-refractivity contribution in [3.63, 3.8) is 0 Å². The molecule has 0 radical (unpaired) electrons. The number of nitrogens with zero attached hydrogens (tertiary/aromatic N) is 1. The second-order valence-electron chi connectivity index (χ2n) is 4.76. The Morgan fingerprint density at radius 2 is 1.87 bits per heavy atom. The second-order valence-corrected chi connectivity index (χ2v) is 5.20. The van der Waals surface area contributed by atoms with Gasteiger partial charge in [-0.25, -0.2) is 4.79 Å². The Morgan fingerprint density at radius 1 is 1.17 bits per heavy atom. The molecule has 112 valence electrons. The fourth-order valence-corrected chi connectivity index (χ4v) is 2.45. The van der Waals surface area contributed by atoms with Gasteiger partial charge in [-0.05, 0) is 18.2 Å². The molecule has 0 spiro atoms. The van der Waals surface area contributed by atoms with Crippen molar-refractivity contribution in [2.45, 2.75) is 6.04 Å². The van der Waals surface area contributed by atoms with Crippen LogP contribution in [0.2, 0.25) is 5.02 Å². The number of carboxylic acid groups (broad SMARTS) is 1. The van der Waals surface area contributed by atoms with Crippen LogP contribution in [-0.2, 0) is 9.59 Å². The van der Waals surface area contributed by atoms with Gasteiger partial charge in [-0.15, -0.1) is 0 Å². The van der Waals surface area contributed by atoms with Gasteiger partial charge in [0, 0.05) is 16.1 Å². The molecule has 0 saturated carbocycles. The topological polar surface area (TPSA) is 78.8 Å². The van der Waals surface area contributed by atoms with Gasteiger partial charge in [-0.3, -0.25) is 9.79 Å². The van der Waals surface area contributed by atoms with Crippen molar-refractivity contribution in [1.29, 1.82) is 0 Å². The van der Waals surface area contributed by atoms with E-state index in [0.29, 0.717) is 27.5 Å². The van der Waals surface area contributed by atoms with Crippen molar-refractivity contribution in [2.24, 2.45) is 4.99 Å². The van der Waals surface area contributed by atoms with Gasteiger partial charge in [0.15, 0.2) is 0 Å². The Morgan fingerprint density at radius 3 is 2.52 bits per heavy atom. The molecule has 1 heterocycles. The van der Waals surface area contributed by atoms with Gasteiger partial charge < -0.3 is 10.4 Å². The molecule has 0 fully saturated rings. The van der Waals surface area contributed by atoms with E-state index < -0.39 is 17.9 Å². The zero-order valence-electron chi connectivity index (χ0n) is 11.3. The van der Waals surface area contributed by atoms with Crippen LogP contribution in [-0.4, -0.2) is 58.3 Å². The summed E-state index contributed by atoms with van der Waals surface area (Å²) in [6.07, 6.45) is 0. The van der Waals surface area contributed by atoms with E-state index in [4.69, 9.17) is 11.6 Å². The minimum absolute atomic E-state index is 0. The Hall–Kier alpha value is -1.66. The standard InChI is InChI=1S/C16H11ClN2O3.Na.H/c17-10-6-7-12-11(8-10)13(9-4-2-1-3-5-9)19-14(16(21)22)15(20)18-12;;/h1-8,14H,(H,18,20)(H,21,22);;/t14-;;/m1../s1. The molecule has 0 bridgehead atoms. The monoisotopic (exact) mass is 338 g/mol. The number of fused-ring (bicyclic) bond motifs is 1. The van der Waals surface area contributed by atoms with Crippen LogP contribution in [0, 0.1) is 0 Å². The number of nitrogens with one attached hydrogen (secondary N) is 1. The first-order valence-corrected chi connectivity index (χ1v) is 6.91. The van der Waals surface area contributed by atoms with Gasteiger partial charge in [0.25, 0.3) is 5.91 Å². The van der Waals surface area contributed by atoms with Gasteiger partial charge in [0.2, 0.25) is 6.04 Å². The van der Waals surface area contributed by atoms with Crippen molar-refractivity contribution in [3.05, 3.63) is 64.7 Å². The number of amides is 1. The molecule has 1 aliphatic heterocycles. The molecule has 1 aliphatic rings. The number of anilines is 1. The van der Waals surface area contributed by atoms with Crippen LogP contribution < -0.4 is 5.32 Å². The van der Waals surface area contributed by atoms with Crippen LogP contribution in [0.4, 0.5) is 5.69 Å².